The monoisotopic (exact) mass is 265 g/mol. The van der Waals surface area contributed by atoms with E-state index in [1.807, 2.05) is 0 Å². The molecule has 2 rings (SSSR count). The van der Waals surface area contributed by atoms with Gasteiger partial charge in [-0.3, -0.25) is 0 Å². The summed E-state index contributed by atoms with van der Waals surface area (Å²) in [5, 5.41) is 0. The lowest BCUT2D eigenvalue weighted by atomic mass is 9.95. The summed E-state index contributed by atoms with van der Waals surface area (Å²) in [4.78, 5) is 4.91. The summed E-state index contributed by atoms with van der Waals surface area (Å²) in [6, 6.07) is 0. The molecule has 0 spiro atoms. The predicted molar refractivity (Wildman–Crippen MR) is 78.4 cm³/mol. The van der Waals surface area contributed by atoms with Crippen LogP contribution in [0.1, 0.15) is 64.4 Å². The molecule has 1 saturated heterocycles. The summed E-state index contributed by atoms with van der Waals surface area (Å²) in [6.45, 7) is 11.4. The molecule has 0 amide bonds. The van der Waals surface area contributed by atoms with Gasteiger partial charge < -0.3 is 15.0 Å². The van der Waals surface area contributed by atoms with Crippen molar-refractivity contribution in [3.8, 4) is 0 Å². The van der Waals surface area contributed by atoms with Crippen molar-refractivity contribution in [1.29, 1.82) is 0 Å². The first-order valence-corrected chi connectivity index (χ1v) is 7.39. The minimum absolute atomic E-state index is 0.0344. The second kappa shape index (κ2) is 5.53. The topological polar surface area (TPSA) is 53.1 Å². The lowest BCUT2D eigenvalue weighted by Gasteiger charge is -2.20. The molecular formula is C15H27N3O. The van der Waals surface area contributed by atoms with E-state index in [-0.39, 0.29) is 5.41 Å². The second-order valence-corrected chi connectivity index (χ2v) is 6.49. The van der Waals surface area contributed by atoms with E-state index >= 15 is 0 Å². The summed E-state index contributed by atoms with van der Waals surface area (Å²) >= 11 is 0. The van der Waals surface area contributed by atoms with Crippen molar-refractivity contribution in [2.24, 2.45) is 0 Å². The van der Waals surface area contributed by atoms with E-state index in [1.165, 1.54) is 0 Å². The molecule has 108 valence electrons. The molecule has 1 fully saturated rings. The molecular weight excluding hydrogens is 238 g/mol. The number of nitrogen functional groups attached to an aromatic ring is 1. The smallest absolute Gasteiger partial charge is 0.127 e. The highest BCUT2D eigenvalue weighted by Gasteiger charge is 2.28. The van der Waals surface area contributed by atoms with Crippen molar-refractivity contribution < 1.29 is 4.74 Å². The van der Waals surface area contributed by atoms with Crippen LogP contribution in [0, 0.1) is 0 Å². The van der Waals surface area contributed by atoms with Gasteiger partial charge in [0.15, 0.2) is 0 Å². The van der Waals surface area contributed by atoms with Crippen LogP contribution in [0.2, 0.25) is 0 Å². The maximum absolute atomic E-state index is 6.38. The molecule has 1 aliphatic heterocycles. The highest BCUT2D eigenvalue weighted by Crippen LogP contribution is 2.34. The number of ether oxygens (including phenoxy) is 1. The highest BCUT2D eigenvalue weighted by atomic mass is 16.5. The van der Waals surface area contributed by atoms with Crippen LogP contribution in [0.15, 0.2) is 0 Å². The summed E-state index contributed by atoms with van der Waals surface area (Å²) in [5.41, 5.74) is 7.51. The number of aromatic nitrogens is 2. The number of imidazole rings is 1. The first kappa shape index (κ1) is 14.4. The van der Waals surface area contributed by atoms with Gasteiger partial charge in [0.25, 0.3) is 0 Å². The fraction of sp³-hybridized carbons (Fsp3) is 0.800. The van der Waals surface area contributed by atoms with Crippen molar-refractivity contribution in [2.75, 3.05) is 18.9 Å². The van der Waals surface area contributed by atoms with Crippen LogP contribution in [0.5, 0.6) is 0 Å². The van der Waals surface area contributed by atoms with Crippen LogP contribution < -0.4 is 5.73 Å². The molecule has 0 aliphatic carbocycles. The minimum atomic E-state index is 0.0344. The van der Waals surface area contributed by atoms with Gasteiger partial charge in [-0.2, -0.15) is 0 Å². The molecule has 1 aromatic heterocycles. The molecule has 1 aromatic rings. The van der Waals surface area contributed by atoms with E-state index in [1.54, 1.807) is 0 Å². The van der Waals surface area contributed by atoms with Crippen molar-refractivity contribution in [1.82, 2.24) is 9.55 Å². The van der Waals surface area contributed by atoms with Gasteiger partial charge in [-0.05, 0) is 19.3 Å². The van der Waals surface area contributed by atoms with Crippen molar-refractivity contribution in [3.05, 3.63) is 11.5 Å². The summed E-state index contributed by atoms with van der Waals surface area (Å²) < 4.78 is 7.65. The molecule has 0 radical (unpaired) electrons. The Morgan fingerprint density at radius 1 is 1.32 bits per heavy atom. The number of anilines is 1. The van der Waals surface area contributed by atoms with E-state index in [9.17, 15) is 0 Å². The Hall–Kier alpha value is -1.03. The predicted octanol–water partition coefficient (Wildman–Crippen LogP) is 3.07. The number of rotatable bonds is 3. The van der Waals surface area contributed by atoms with Crippen LogP contribution in [0.4, 0.5) is 5.82 Å². The first-order chi connectivity index (χ1) is 8.95. The number of nitrogens with zero attached hydrogens (tertiary/aromatic N) is 2. The van der Waals surface area contributed by atoms with Crippen LogP contribution in [-0.4, -0.2) is 22.8 Å². The average molecular weight is 265 g/mol. The molecule has 0 bridgehead atoms. The summed E-state index contributed by atoms with van der Waals surface area (Å²) in [5.74, 6) is 2.46. The van der Waals surface area contributed by atoms with Crippen molar-refractivity contribution >= 4 is 5.82 Å². The van der Waals surface area contributed by atoms with E-state index in [0.29, 0.717) is 5.92 Å². The van der Waals surface area contributed by atoms with Crippen molar-refractivity contribution in [2.45, 2.75) is 64.8 Å². The molecule has 19 heavy (non-hydrogen) atoms. The first-order valence-electron chi connectivity index (χ1n) is 7.39. The minimum Gasteiger partial charge on any atom is -0.384 e. The number of hydrogen-bond donors (Lipinski definition) is 1. The number of nitrogens with two attached hydrogens (primary N) is 1. The third kappa shape index (κ3) is 2.94. The van der Waals surface area contributed by atoms with E-state index in [2.05, 4.69) is 32.3 Å². The Kier molecular flexibility index (Phi) is 4.19. The summed E-state index contributed by atoms with van der Waals surface area (Å²) in [6.07, 6.45) is 3.16. The van der Waals surface area contributed by atoms with Gasteiger partial charge in [-0.15, -0.1) is 0 Å². The molecule has 4 nitrogen and oxygen atoms in total. The highest BCUT2D eigenvalue weighted by molar-refractivity contribution is 5.42. The Balaban J connectivity index is 2.39. The third-order valence-corrected chi connectivity index (χ3v) is 3.76. The molecule has 0 unspecified atom stereocenters. The lowest BCUT2D eigenvalue weighted by Crippen LogP contribution is -2.19. The molecule has 0 aromatic carbocycles. The largest absolute Gasteiger partial charge is 0.384 e. The van der Waals surface area contributed by atoms with Gasteiger partial charge in [-0.1, -0.05) is 27.7 Å². The number of hydrogen-bond acceptors (Lipinski definition) is 3. The quantitative estimate of drug-likeness (QED) is 0.913. The Morgan fingerprint density at radius 2 is 1.95 bits per heavy atom. The average Bonchev–Trinajstić information content (AvgIpc) is 2.69. The Bertz CT molecular complexity index is 425. The third-order valence-electron chi connectivity index (χ3n) is 3.76. The van der Waals surface area contributed by atoms with E-state index < -0.39 is 0 Å². The van der Waals surface area contributed by atoms with Gasteiger partial charge in [0.2, 0.25) is 0 Å². The van der Waals surface area contributed by atoms with Crippen LogP contribution in [-0.2, 0) is 16.7 Å². The van der Waals surface area contributed by atoms with Crippen LogP contribution in [0.25, 0.3) is 0 Å². The SMILES string of the molecule is CCCn1c(C(C)(C)C)nc(C2CCOCC2)c1N. The van der Waals surface area contributed by atoms with Crippen LogP contribution >= 0.6 is 0 Å². The van der Waals surface area contributed by atoms with E-state index in [4.69, 9.17) is 15.5 Å². The normalized spacial score (nSPS) is 17.9. The summed E-state index contributed by atoms with van der Waals surface area (Å²) in [7, 11) is 0. The van der Waals surface area contributed by atoms with Crippen molar-refractivity contribution in [3.63, 3.8) is 0 Å². The maximum atomic E-state index is 6.38. The molecule has 4 heteroatoms. The Labute approximate surface area is 116 Å². The van der Waals surface area contributed by atoms with Gasteiger partial charge in [0, 0.05) is 31.1 Å². The van der Waals surface area contributed by atoms with Crippen LogP contribution in [0.3, 0.4) is 0 Å². The molecule has 2 N–H and O–H groups in total. The molecule has 0 saturated carbocycles. The fourth-order valence-electron chi connectivity index (χ4n) is 2.78. The molecule has 0 atom stereocenters. The van der Waals surface area contributed by atoms with Gasteiger partial charge in [0.1, 0.15) is 11.6 Å². The Morgan fingerprint density at radius 3 is 2.47 bits per heavy atom. The molecule has 2 heterocycles. The standard InChI is InChI=1S/C15H27N3O/c1-5-8-18-13(16)12(11-6-9-19-10-7-11)17-14(18)15(2,3)4/h11H,5-10,16H2,1-4H3. The zero-order valence-corrected chi connectivity index (χ0v) is 12.7. The fourth-order valence-corrected chi connectivity index (χ4v) is 2.78. The molecule has 1 aliphatic rings. The van der Waals surface area contributed by atoms with Gasteiger partial charge >= 0.3 is 0 Å². The maximum Gasteiger partial charge on any atom is 0.127 e. The second-order valence-electron chi connectivity index (χ2n) is 6.49. The van der Waals surface area contributed by atoms with E-state index in [0.717, 1.165) is 56.4 Å². The van der Waals surface area contributed by atoms with Gasteiger partial charge in [-0.25, -0.2) is 4.98 Å². The lowest BCUT2D eigenvalue weighted by molar-refractivity contribution is 0.0847. The zero-order chi connectivity index (χ0) is 14.0. The van der Waals surface area contributed by atoms with Gasteiger partial charge in [0.05, 0.1) is 5.69 Å². The zero-order valence-electron chi connectivity index (χ0n) is 12.7.